The molecule has 3 rings (SSSR count). The van der Waals surface area contributed by atoms with E-state index in [1.807, 2.05) is 62.4 Å². The van der Waals surface area contributed by atoms with Crippen LogP contribution in [0.15, 0.2) is 60.8 Å². The highest BCUT2D eigenvalue weighted by Gasteiger charge is 2.27. The van der Waals surface area contributed by atoms with E-state index in [4.69, 9.17) is 9.47 Å². The number of aliphatic carboxylic acids is 1. The van der Waals surface area contributed by atoms with E-state index in [0.717, 1.165) is 11.1 Å². The Morgan fingerprint density at radius 1 is 1.03 bits per heavy atom. The second-order valence-electron chi connectivity index (χ2n) is 7.31. The summed E-state index contributed by atoms with van der Waals surface area (Å²) in [6.45, 7) is 4.03. The fourth-order valence-corrected chi connectivity index (χ4v) is 3.21. The van der Waals surface area contributed by atoms with Crippen LogP contribution < -0.4 is 9.47 Å². The van der Waals surface area contributed by atoms with Gasteiger partial charge in [-0.15, -0.1) is 0 Å². The highest BCUT2D eigenvalue weighted by Crippen LogP contribution is 2.34. The van der Waals surface area contributed by atoms with Crippen LogP contribution in [-0.2, 0) is 16.8 Å². The average Bonchev–Trinajstić information content (AvgIpc) is 2.71. The van der Waals surface area contributed by atoms with Crippen LogP contribution in [0.25, 0.3) is 11.4 Å². The molecular formula is C23H24N2O4. The van der Waals surface area contributed by atoms with E-state index in [9.17, 15) is 9.90 Å². The number of methoxy groups -OCH3 is 1. The maximum atomic E-state index is 11.2. The molecule has 0 aliphatic rings. The molecule has 0 aliphatic heterocycles. The van der Waals surface area contributed by atoms with Crippen LogP contribution in [0.4, 0.5) is 0 Å². The number of benzene rings is 2. The summed E-state index contributed by atoms with van der Waals surface area (Å²) in [5.41, 5.74) is 1.81. The van der Waals surface area contributed by atoms with Crippen molar-refractivity contribution in [3.05, 3.63) is 72.1 Å². The van der Waals surface area contributed by atoms with E-state index >= 15 is 0 Å². The van der Waals surface area contributed by atoms with Gasteiger partial charge >= 0.3 is 5.97 Å². The molecule has 0 bridgehead atoms. The van der Waals surface area contributed by atoms with Crippen molar-refractivity contribution in [2.24, 2.45) is 0 Å². The van der Waals surface area contributed by atoms with Crippen molar-refractivity contribution in [2.75, 3.05) is 7.11 Å². The van der Waals surface area contributed by atoms with E-state index in [2.05, 4.69) is 9.97 Å². The van der Waals surface area contributed by atoms with Gasteiger partial charge in [-0.2, -0.15) is 0 Å². The van der Waals surface area contributed by atoms with Gasteiger partial charge in [0.2, 0.25) is 0 Å². The lowest BCUT2D eigenvalue weighted by Gasteiger charge is -2.25. The number of hydrogen-bond donors (Lipinski definition) is 1. The van der Waals surface area contributed by atoms with Gasteiger partial charge < -0.3 is 14.6 Å². The Hall–Kier alpha value is -3.41. The molecule has 0 amide bonds. The number of carbonyl (C=O) groups is 1. The molecule has 0 spiro atoms. The average molecular weight is 392 g/mol. The largest absolute Gasteiger partial charge is 0.496 e. The molecule has 6 nitrogen and oxygen atoms in total. The van der Waals surface area contributed by atoms with E-state index < -0.39 is 11.4 Å². The molecule has 3 aromatic rings. The summed E-state index contributed by atoms with van der Waals surface area (Å²) in [7, 11) is 1.61. The number of nitrogens with zero attached hydrogens (tertiary/aromatic N) is 2. The number of carboxylic acid groups (broad SMARTS) is 1. The van der Waals surface area contributed by atoms with Crippen molar-refractivity contribution < 1.29 is 19.4 Å². The third kappa shape index (κ3) is 4.90. The Morgan fingerprint density at radius 3 is 2.45 bits per heavy atom. The summed E-state index contributed by atoms with van der Waals surface area (Å²) in [6, 6.07) is 16.9. The molecule has 150 valence electrons. The van der Waals surface area contributed by atoms with Gasteiger partial charge in [0, 0.05) is 17.2 Å². The lowest BCUT2D eigenvalue weighted by atomic mass is 9.81. The molecule has 2 aromatic carbocycles. The van der Waals surface area contributed by atoms with Crippen molar-refractivity contribution >= 4 is 5.97 Å². The summed E-state index contributed by atoms with van der Waals surface area (Å²) in [5.74, 6) is 1.06. The minimum absolute atomic E-state index is 0.0127. The number of carboxylic acids is 1. The number of aromatic nitrogens is 2. The van der Waals surface area contributed by atoms with Crippen molar-refractivity contribution in [3.8, 4) is 22.9 Å². The maximum absolute atomic E-state index is 11.2. The van der Waals surface area contributed by atoms with Crippen LogP contribution in [0.5, 0.6) is 11.5 Å². The molecular weight excluding hydrogens is 368 g/mol. The smallest absolute Gasteiger partial charge is 0.304 e. The summed E-state index contributed by atoms with van der Waals surface area (Å²) in [6.07, 6.45) is 1.70. The van der Waals surface area contributed by atoms with Crippen LogP contribution >= 0.6 is 0 Å². The first-order valence-electron chi connectivity index (χ1n) is 9.30. The van der Waals surface area contributed by atoms with Crippen molar-refractivity contribution in [2.45, 2.75) is 32.3 Å². The van der Waals surface area contributed by atoms with Crippen LogP contribution in [0, 0.1) is 0 Å². The highest BCUT2D eigenvalue weighted by molar-refractivity contribution is 5.69. The predicted molar refractivity (Wildman–Crippen MR) is 110 cm³/mol. The molecule has 0 atom stereocenters. The van der Waals surface area contributed by atoms with Gasteiger partial charge in [-0.1, -0.05) is 44.2 Å². The van der Waals surface area contributed by atoms with E-state index in [1.54, 1.807) is 19.4 Å². The normalized spacial score (nSPS) is 11.1. The molecule has 1 N–H and O–H groups in total. The van der Waals surface area contributed by atoms with Gasteiger partial charge in [-0.05, 0) is 24.3 Å². The summed E-state index contributed by atoms with van der Waals surface area (Å²) < 4.78 is 11.4. The third-order valence-corrected chi connectivity index (χ3v) is 4.65. The molecule has 0 saturated carbocycles. The Morgan fingerprint density at radius 2 is 1.72 bits per heavy atom. The van der Waals surface area contributed by atoms with Gasteiger partial charge in [0.1, 0.15) is 18.1 Å². The summed E-state index contributed by atoms with van der Waals surface area (Å²) >= 11 is 0. The van der Waals surface area contributed by atoms with Gasteiger partial charge in [-0.25, -0.2) is 9.97 Å². The van der Waals surface area contributed by atoms with Crippen molar-refractivity contribution in [3.63, 3.8) is 0 Å². The maximum Gasteiger partial charge on any atom is 0.304 e. The first-order chi connectivity index (χ1) is 13.9. The van der Waals surface area contributed by atoms with Gasteiger partial charge in [0.25, 0.3) is 0 Å². The summed E-state index contributed by atoms with van der Waals surface area (Å²) in [5, 5.41) is 9.22. The monoisotopic (exact) mass is 392 g/mol. The fraction of sp³-hybridized carbons (Fsp3) is 0.261. The Labute approximate surface area is 170 Å². The van der Waals surface area contributed by atoms with Crippen LogP contribution in [0.1, 0.15) is 31.5 Å². The second-order valence-corrected chi connectivity index (χ2v) is 7.31. The first-order valence-corrected chi connectivity index (χ1v) is 9.30. The minimum atomic E-state index is -0.845. The topological polar surface area (TPSA) is 81.5 Å². The molecule has 1 aromatic heterocycles. The van der Waals surface area contributed by atoms with E-state index in [1.165, 1.54) is 0 Å². The number of para-hydroxylation sites is 2. The molecule has 0 fully saturated rings. The lowest BCUT2D eigenvalue weighted by molar-refractivity contribution is -0.138. The molecule has 1 heterocycles. The first kappa shape index (κ1) is 20.3. The SMILES string of the molecule is COc1ccccc1-c1nccc(COc2ccccc2C(C)(C)CC(=O)O)n1. The molecule has 0 aliphatic carbocycles. The Balaban J connectivity index is 1.82. The van der Waals surface area contributed by atoms with Crippen molar-refractivity contribution in [1.82, 2.24) is 9.97 Å². The van der Waals surface area contributed by atoms with Crippen LogP contribution in [-0.4, -0.2) is 28.2 Å². The van der Waals surface area contributed by atoms with Gasteiger partial charge in [0.05, 0.1) is 24.8 Å². The van der Waals surface area contributed by atoms with Gasteiger partial charge in [-0.3, -0.25) is 4.79 Å². The molecule has 0 saturated heterocycles. The Bertz CT molecular complexity index is 1000. The minimum Gasteiger partial charge on any atom is -0.496 e. The molecule has 0 radical (unpaired) electrons. The molecule has 0 unspecified atom stereocenters. The number of ether oxygens (including phenoxy) is 2. The third-order valence-electron chi connectivity index (χ3n) is 4.65. The highest BCUT2D eigenvalue weighted by atomic mass is 16.5. The van der Waals surface area contributed by atoms with Crippen LogP contribution in [0.2, 0.25) is 0 Å². The lowest BCUT2D eigenvalue weighted by Crippen LogP contribution is -2.22. The van der Waals surface area contributed by atoms with E-state index in [0.29, 0.717) is 23.0 Å². The van der Waals surface area contributed by atoms with Crippen molar-refractivity contribution in [1.29, 1.82) is 0 Å². The van der Waals surface area contributed by atoms with Crippen LogP contribution in [0.3, 0.4) is 0 Å². The zero-order valence-corrected chi connectivity index (χ0v) is 16.8. The fourth-order valence-electron chi connectivity index (χ4n) is 3.21. The molecule has 29 heavy (non-hydrogen) atoms. The summed E-state index contributed by atoms with van der Waals surface area (Å²) in [4.78, 5) is 20.2. The standard InChI is InChI=1S/C23H24N2O4/c1-23(2,14-21(26)27)18-9-5-7-11-20(18)29-15-16-12-13-24-22(25-16)17-8-4-6-10-19(17)28-3/h4-13H,14-15H2,1-3H3,(H,26,27). The predicted octanol–water partition coefficient (Wildman–Crippen LogP) is 4.48. The van der Waals surface area contributed by atoms with Gasteiger partial charge in [0.15, 0.2) is 5.82 Å². The molecule has 6 heteroatoms. The zero-order valence-electron chi connectivity index (χ0n) is 16.8. The number of rotatable bonds is 8. The second kappa shape index (κ2) is 8.73. The van der Waals surface area contributed by atoms with E-state index in [-0.39, 0.29) is 13.0 Å². The number of hydrogen-bond acceptors (Lipinski definition) is 5. The quantitative estimate of drug-likeness (QED) is 0.609. The Kier molecular flexibility index (Phi) is 6.12. The zero-order chi connectivity index (χ0) is 20.9.